The molecule has 0 spiro atoms. The summed E-state index contributed by atoms with van der Waals surface area (Å²) in [4.78, 5) is 8.87. The summed E-state index contributed by atoms with van der Waals surface area (Å²) in [6.45, 7) is 5.36. The van der Waals surface area contributed by atoms with Crippen molar-refractivity contribution in [2.45, 2.75) is 6.92 Å². The van der Waals surface area contributed by atoms with Gasteiger partial charge in [-0.2, -0.15) is 9.64 Å². The van der Waals surface area contributed by atoms with Crippen molar-refractivity contribution in [2.75, 3.05) is 36.0 Å². The average Bonchev–Trinajstić information content (AvgIpc) is 3.15. The fraction of sp³-hybridized carbons (Fsp3) is 0.278. The third-order valence-corrected chi connectivity index (χ3v) is 5.17. The van der Waals surface area contributed by atoms with Crippen LogP contribution in [0.2, 0.25) is 0 Å². The van der Waals surface area contributed by atoms with Gasteiger partial charge in [-0.05, 0) is 48.8 Å². The van der Waals surface area contributed by atoms with E-state index >= 15 is 0 Å². The van der Waals surface area contributed by atoms with Crippen LogP contribution in [0.1, 0.15) is 11.4 Å². The lowest BCUT2D eigenvalue weighted by molar-refractivity contribution is 0.644. The second kappa shape index (κ2) is 7.06. The van der Waals surface area contributed by atoms with Gasteiger partial charge in [0.25, 0.3) is 0 Å². The molecule has 1 aliphatic heterocycles. The fourth-order valence-electron chi connectivity index (χ4n) is 2.97. The summed E-state index contributed by atoms with van der Waals surface area (Å²) in [6, 6.07) is 13.9. The molecule has 0 saturated carbocycles. The molecule has 8 heteroatoms. The van der Waals surface area contributed by atoms with Crippen molar-refractivity contribution in [3.8, 4) is 16.8 Å². The van der Waals surface area contributed by atoms with Gasteiger partial charge in [0.1, 0.15) is 11.5 Å². The number of anilines is 2. The zero-order chi connectivity index (χ0) is 17.9. The lowest BCUT2D eigenvalue weighted by Gasteiger charge is -2.36. The Bertz CT molecular complexity index is 937. The van der Waals surface area contributed by atoms with Crippen molar-refractivity contribution < 1.29 is 0 Å². The summed E-state index contributed by atoms with van der Waals surface area (Å²) in [7, 11) is 0. The van der Waals surface area contributed by atoms with Crippen LogP contribution >= 0.6 is 11.5 Å². The maximum Gasteiger partial charge on any atom is 0.164 e. The van der Waals surface area contributed by atoms with Gasteiger partial charge in [-0.15, -0.1) is 10.2 Å². The van der Waals surface area contributed by atoms with Crippen LogP contribution in [0.4, 0.5) is 11.5 Å². The summed E-state index contributed by atoms with van der Waals surface area (Å²) < 4.78 is 4.18. The van der Waals surface area contributed by atoms with Crippen molar-refractivity contribution in [3.05, 3.63) is 47.8 Å². The van der Waals surface area contributed by atoms with Gasteiger partial charge in [-0.1, -0.05) is 6.07 Å². The standard InChI is InChI=1S/C18H17N7S/c1-13-20-18(26-23-13)16-5-6-17(22-21-16)25-9-7-24(8-10-25)15-4-2-3-14(11-15)12-19/h2-6,11H,7-10H2,1H3. The van der Waals surface area contributed by atoms with Crippen LogP contribution in [0.15, 0.2) is 36.4 Å². The van der Waals surface area contributed by atoms with Crippen LogP contribution < -0.4 is 9.80 Å². The van der Waals surface area contributed by atoms with Crippen LogP contribution in [-0.2, 0) is 0 Å². The zero-order valence-corrected chi connectivity index (χ0v) is 15.1. The van der Waals surface area contributed by atoms with E-state index in [1.165, 1.54) is 11.5 Å². The molecule has 3 heterocycles. The number of nitriles is 1. The third-order valence-electron chi connectivity index (χ3n) is 4.34. The molecule has 1 aliphatic rings. The summed E-state index contributed by atoms with van der Waals surface area (Å²) in [6.07, 6.45) is 0. The number of aryl methyl sites for hydroxylation is 1. The number of piperazine rings is 1. The van der Waals surface area contributed by atoms with E-state index in [1.807, 2.05) is 37.3 Å². The van der Waals surface area contributed by atoms with Gasteiger partial charge in [-0.25, -0.2) is 4.98 Å². The Hall–Kier alpha value is -3.05. The first-order valence-electron chi connectivity index (χ1n) is 8.37. The van der Waals surface area contributed by atoms with Gasteiger partial charge < -0.3 is 9.80 Å². The first-order chi connectivity index (χ1) is 12.7. The number of hydrogen-bond acceptors (Lipinski definition) is 8. The number of rotatable bonds is 3. The van der Waals surface area contributed by atoms with Crippen LogP contribution in [0, 0.1) is 18.3 Å². The Kier molecular flexibility index (Phi) is 4.46. The molecule has 1 aromatic carbocycles. The van der Waals surface area contributed by atoms with E-state index in [9.17, 15) is 0 Å². The molecule has 130 valence electrons. The van der Waals surface area contributed by atoms with E-state index in [1.54, 1.807) is 0 Å². The topological polar surface area (TPSA) is 81.8 Å². The quantitative estimate of drug-likeness (QED) is 0.707. The second-order valence-corrected chi connectivity index (χ2v) is 6.81. The maximum atomic E-state index is 9.06. The van der Waals surface area contributed by atoms with Crippen molar-refractivity contribution in [2.24, 2.45) is 0 Å². The molecular weight excluding hydrogens is 346 g/mol. The van der Waals surface area contributed by atoms with Gasteiger partial charge in [0.05, 0.1) is 11.6 Å². The van der Waals surface area contributed by atoms with E-state index in [0.29, 0.717) is 5.56 Å². The van der Waals surface area contributed by atoms with Crippen LogP contribution in [0.3, 0.4) is 0 Å². The van der Waals surface area contributed by atoms with Gasteiger partial charge in [0, 0.05) is 31.9 Å². The number of nitrogens with zero attached hydrogens (tertiary/aromatic N) is 7. The molecule has 1 saturated heterocycles. The predicted octanol–water partition coefficient (Wildman–Crippen LogP) is 2.50. The molecule has 26 heavy (non-hydrogen) atoms. The molecular formula is C18H17N7S. The highest BCUT2D eigenvalue weighted by atomic mass is 32.1. The summed E-state index contributed by atoms with van der Waals surface area (Å²) in [5, 5.41) is 18.5. The molecule has 0 aliphatic carbocycles. The lowest BCUT2D eigenvalue weighted by Crippen LogP contribution is -2.46. The van der Waals surface area contributed by atoms with E-state index in [-0.39, 0.29) is 0 Å². The number of hydrogen-bond donors (Lipinski definition) is 0. The molecule has 0 amide bonds. The SMILES string of the molecule is Cc1nsc(-c2ccc(N3CCN(c4cccc(C#N)c4)CC3)nn2)n1. The summed E-state index contributed by atoms with van der Waals surface area (Å²) in [5.41, 5.74) is 2.54. The number of benzene rings is 1. The largest absolute Gasteiger partial charge is 0.368 e. The van der Waals surface area contributed by atoms with Crippen molar-refractivity contribution >= 4 is 23.0 Å². The Balaban J connectivity index is 1.42. The van der Waals surface area contributed by atoms with Gasteiger partial charge in [-0.3, -0.25) is 0 Å². The minimum absolute atomic E-state index is 0.693. The Morgan fingerprint density at radius 3 is 2.50 bits per heavy atom. The molecule has 3 aromatic rings. The smallest absolute Gasteiger partial charge is 0.164 e. The molecule has 0 bridgehead atoms. The van der Waals surface area contributed by atoms with E-state index < -0.39 is 0 Å². The second-order valence-electron chi connectivity index (χ2n) is 6.06. The fourth-order valence-corrected chi connectivity index (χ4v) is 3.61. The summed E-state index contributed by atoms with van der Waals surface area (Å²) >= 11 is 1.34. The van der Waals surface area contributed by atoms with Gasteiger partial charge in [0.15, 0.2) is 10.8 Å². The third kappa shape index (κ3) is 3.34. The highest BCUT2D eigenvalue weighted by Crippen LogP contribution is 2.22. The van der Waals surface area contributed by atoms with E-state index in [0.717, 1.165) is 54.2 Å². The van der Waals surface area contributed by atoms with Crippen molar-refractivity contribution in [1.82, 2.24) is 19.6 Å². The highest BCUT2D eigenvalue weighted by molar-refractivity contribution is 7.09. The Morgan fingerprint density at radius 1 is 1.04 bits per heavy atom. The predicted molar refractivity (Wildman–Crippen MR) is 101 cm³/mol. The first kappa shape index (κ1) is 16.4. The molecule has 0 N–H and O–H groups in total. The van der Waals surface area contributed by atoms with Crippen molar-refractivity contribution in [3.63, 3.8) is 0 Å². The molecule has 4 rings (SSSR count). The van der Waals surface area contributed by atoms with Gasteiger partial charge in [0.2, 0.25) is 0 Å². The maximum absolute atomic E-state index is 9.06. The van der Waals surface area contributed by atoms with Crippen LogP contribution in [-0.4, -0.2) is 45.7 Å². The van der Waals surface area contributed by atoms with Crippen molar-refractivity contribution in [1.29, 1.82) is 5.26 Å². The lowest BCUT2D eigenvalue weighted by atomic mass is 10.2. The van der Waals surface area contributed by atoms with Crippen LogP contribution in [0.5, 0.6) is 0 Å². The minimum atomic E-state index is 0.693. The van der Waals surface area contributed by atoms with E-state index in [2.05, 4.69) is 41.5 Å². The minimum Gasteiger partial charge on any atom is -0.368 e. The molecule has 0 unspecified atom stereocenters. The highest BCUT2D eigenvalue weighted by Gasteiger charge is 2.19. The van der Waals surface area contributed by atoms with Crippen LogP contribution in [0.25, 0.3) is 10.7 Å². The van der Waals surface area contributed by atoms with Gasteiger partial charge >= 0.3 is 0 Å². The molecule has 2 aromatic heterocycles. The average molecular weight is 363 g/mol. The Morgan fingerprint density at radius 2 is 1.85 bits per heavy atom. The first-order valence-corrected chi connectivity index (χ1v) is 9.15. The molecule has 0 radical (unpaired) electrons. The molecule has 7 nitrogen and oxygen atoms in total. The van der Waals surface area contributed by atoms with E-state index in [4.69, 9.17) is 5.26 Å². The molecule has 0 atom stereocenters. The monoisotopic (exact) mass is 363 g/mol. The Labute approximate surface area is 155 Å². The summed E-state index contributed by atoms with van der Waals surface area (Å²) in [5.74, 6) is 1.63. The normalized spacial score (nSPS) is 14.3. The molecule has 1 fully saturated rings. The number of aromatic nitrogens is 4. The zero-order valence-electron chi connectivity index (χ0n) is 14.3.